The van der Waals surface area contributed by atoms with Gasteiger partial charge < -0.3 is 20.1 Å². The summed E-state index contributed by atoms with van der Waals surface area (Å²) in [6.45, 7) is 8.26. The molecule has 130 valence electrons. The number of aliphatic imine (C=N–C) groups is 1. The number of methoxy groups -OCH3 is 1. The van der Waals surface area contributed by atoms with Crippen LogP contribution in [0.3, 0.4) is 0 Å². The predicted molar refractivity (Wildman–Crippen MR) is 96.2 cm³/mol. The Morgan fingerprint density at radius 1 is 1.04 bits per heavy atom. The van der Waals surface area contributed by atoms with Gasteiger partial charge in [-0.05, 0) is 37.5 Å². The Labute approximate surface area is 140 Å². The number of guanidine groups is 1. The van der Waals surface area contributed by atoms with Gasteiger partial charge in [0.2, 0.25) is 0 Å². The van der Waals surface area contributed by atoms with E-state index in [1.807, 2.05) is 24.3 Å². The second-order valence-electron chi connectivity index (χ2n) is 5.29. The van der Waals surface area contributed by atoms with E-state index >= 15 is 0 Å². The SMILES string of the molecule is CCCCOCCCNC(=NCc1ccc(OC)cc1)NCC. The zero-order chi connectivity index (χ0) is 16.8. The highest BCUT2D eigenvalue weighted by Crippen LogP contribution is 2.11. The Morgan fingerprint density at radius 3 is 2.43 bits per heavy atom. The van der Waals surface area contributed by atoms with Crippen LogP contribution in [0.1, 0.15) is 38.7 Å². The number of hydrogen-bond donors (Lipinski definition) is 2. The number of rotatable bonds is 11. The molecule has 5 heteroatoms. The summed E-state index contributed by atoms with van der Waals surface area (Å²) in [4.78, 5) is 4.60. The number of ether oxygens (including phenoxy) is 2. The smallest absolute Gasteiger partial charge is 0.191 e. The molecule has 23 heavy (non-hydrogen) atoms. The van der Waals surface area contributed by atoms with Gasteiger partial charge in [0.25, 0.3) is 0 Å². The van der Waals surface area contributed by atoms with Gasteiger partial charge in [-0.2, -0.15) is 0 Å². The lowest BCUT2D eigenvalue weighted by atomic mass is 10.2. The first kappa shape index (κ1) is 19.3. The van der Waals surface area contributed by atoms with Crippen LogP contribution in [-0.4, -0.2) is 39.4 Å². The first-order valence-corrected chi connectivity index (χ1v) is 8.53. The zero-order valence-electron chi connectivity index (χ0n) is 14.7. The number of nitrogens with one attached hydrogen (secondary N) is 2. The van der Waals surface area contributed by atoms with Gasteiger partial charge in [-0.3, -0.25) is 0 Å². The van der Waals surface area contributed by atoms with E-state index in [9.17, 15) is 0 Å². The molecule has 0 aliphatic rings. The van der Waals surface area contributed by atoms with Crippen LogP contribution in [0, 0.1) is 0 Å². The largest absolute Gasteiger partial charge is 0.497 e. The van der Waals surface area contributed by atoms with Crippen molar-refractivity contribution in [1.82, 2.24) is 10.6 Å². The number of nitrogens with zero attached hydrogens (tertiary/aromatic N) is 1. The topological polar surface area (TPSA) is 54.9 Å². The van der Waals surface area contributed by atoms with E-state index in [2.05, 4.69) is 29.5 Å². The van der Waals surface area contributed by atoms with E-state index in [0.29, 0.717) is 6.54 Å². The fourth-order valence-electron chi connectivity index (χ4n) is 1.97. The summed E-state index contributed by atoms with van der Waals surface area (Å²) in [5, 5.41) is 6.60. The summed E-state index contributed by atoms with van der Waals surface area (Å²) in [5.41, 5.74) is 1.16. The van der Waals surface area contributed by atoms with Gasteiger partial charge in [-0.25, -0.2) is 4.99 Å². The molecule has 0 unspecified atom stereocenters. The summed E-state index contributed by atoms with van der Waals surface area (Å²) in [7, 11) is 1.67. The first-order chi connectivity index (χ1) is 11.3. The normalized spacial score (nSPS) is 11.3. The van der Waals surface area contributed by atoms with Crippen molar-refractivity contribution in [3.05, 3.63) is 29.8 Å². The monoisotopic (exact) mass is 321 g/mol. The van der Waals surface area contributed by atoms with Crippen molar-refractivity contribution < 1.29 is 9.47 Å². The Kier molecular flexibility index (Phi) is 10.7. The van der Waals surface area contributed by atoms with E-state index in [-0.39, 0.29) is 0 Å². The van der Waals surface area contributed by atoms with Crippen LogP contribution in [0.25, 0.3) is 0 Å². The van der Waals surface area contributed by atoms with E-state index in [4.69, 9.17) is 9.47 Å². The minimum atomic E-state index is 0.645. The number of benzene rings is 1. The molecule has 0 aliphatic heterocycles. The summed E-state index contributed by atoms with van der Waals surface area (Å²) < 4.78 is 10.7. The molecule has 1 aromatic rings. The van der Waals surface area contributed by atoms with Crippen LogP contribution in [0.2, 0.25) is 0 Å². The molecule has 0 radical (unpaired) electrons. The molecule has 0 aliphatic carbocycles. The average molecular weight is 321 g/mol. The van der Waals surface area contributed by atoms with Crippen molar-refractivity contribution in [2.75, 3.05) is 33.4 Å². The second kappa shape index (κ2) is 12.8. The van der Waals surface area contributed by atoms with Crippen molar-refractivity contribution in [2.45, 2.75) is 39.7 Å². The molecule has 0 amide bonds. The maximum atomic E-state index is 5.55. The van der Waals surface area contributed by atoms with Crippen molar-refractivity contribution in [2.24, 2.45) is 4.99 Å². The standard InChI is InChI=1S/C18H31N3O2/c1-4-6-13-23-14-7-12-20-18(19-5-2)21-15-16-8-10-17(22-3)11-9-16/h8-11H,4-7,12-15H2,1-3H3,(H2,19,20,21). The number of hydrogen-bond acceptors (Lipinski definition) is 3. The lowest BCUT2D eigenvalue weighted by Crippen LogP contribution is -2.38. The Bertz CT molecular complexity index is 432. The molecule has 5 nitrogen and oxygen atoms in total. The van der Waals surface area contributed by atoms with Crippen molar-refractivity contribution >= 4 is 5.96 Å². The molecule has 0 saturated heterocycles. The lowest BCUT2D eigenvalue weighted by molar-refractivity contribution is 0.129. The molecule has 1 aromatic carbocycles. The van der Waals surface area contributed by atoms with Crippen LogP contribution in [-0.2, 0) is 11.3 Å². The van der Waals surface area contributed by atoms with Gasteiger partial charge in [0.1, 0.15) is 5.75 Å². The van der Waals surface area contributed by atoms with Gasteiger partial charge >= 0.3 is 0 Å². The molecule has 0 saturated carbocycles. The van der Waals surface area contributed by atoms with Crippen LogP contribution in [0.5, 0.6) is 5.75 Å². The molecule has 2 N–H and O–H groups in total. The van der Waals surface area contributed by atoms with Crippen LogP contribution >= 0.6 is 0 Å². The van der Waals surface area contributed by atoms with Gasteiger partial charge in [-0.1, -0.05) is 25.5 Å². The molecule has 0 bridgehead atoms. The van der Waals surface area contributed by atoms with Crippen molar-refractivity contribution in [1.29, 1.82) is 0 Å². The molecule has 0 aromatic heterocycles. The third-order valence-corrected chi connectivity index (χ3v) is 3.32. The number of unbranched alkanes of at least 4 members (excludes halogenated alkanes) is 1. The minimum absolute atomic E-state index is 0.645. The Morgan fingerprint density at radius 2 is 1.78 bits per heavy atom. The highest BCUT2D eigenvalue weighted by molar-refractivity contribution is 5.79. The van der Waals surface area contributed by atoms with Gasteiger partial charge in [0.15, 0.2) is 5.96 Å². The van der Waals surface area contributed by atoms with E-state index in [1.165, 1.54) is 6.42 Å². The highest BCUT2D eigenvalue weighted by atomic mass is 16.5. The van der Waals surface area contributed by atoms with E-state index in [0.717, 1.165) is 56.4 Å². The van der Waals surface area contributed by atoms with E-state index < -0.39 is 0 Å². The average Bonchev–Trinajstić information content (AvgIpc) is 2.59. The molecular formula is C18H31N3O2. The van der Waals surface area contributed by atoms with Gasteiger partial charge in [0, 0.05) is 26.3 Å². The summed E-state index contributed by atoms with van der Waals surface area (Å²) in [6.07, 6.45) is 3.30. The highest BCUT2D eigenvalue weighted by Gasteiger charge is 1.98. The minimum Gasteiger partial charge on any atom is -0.497 e. The second-order valence-corrected chi connectivity index (χ2v) is 5.29. The maximum absolute atomic E-state index is 5.55. The summed E-state index contributed by atoms with van der Waals surface area (Å²) in [6, 6.07) is 7.98. The van der Waals surface area contributed by atoms with E-state index in [1.54, 1.807) is 7.11 Å². The van der Waals surface area contributed by atoms with Crippen LogP contribution in [0.15, 0.2) is 29.3 Å². The Hall–Kier alpha value is -1.75. The summed E-state index contributed by atoms with van der Waals surface area (Å²) >= 11 is 0. The van der Waals surface area contributed by atoms with Gasteiger partial charge in [0.05, 0.1) is 13.7 Å². The molecule has 0 spiro atoms. The van der Waals surface area contributed by atoms with Crippen LogP contribution < -0.4 is 15.4 Å². The predicted octanol–water partition coefficient (Wildman–Crippen LogP) is 2.96. The fraction of sp³-hybridized carbons (Fsp3) is 0.611. The molecular weight excluding hydrogens is 290 g/mol. The van der Waals surface area contributed by atoms with Crippen molar-refractivity contribution in [3.63, 3.8) is 0 Å². The quantitative estimate of drug-likeness (QED) is 0.374. The zero-order valence-corrected chi connectivity index (χ0v) is 14.7. The third-order valence-electron chi connectivity index (χ3n) is 3.32. The van der Waals surface area contributed by atoms with Crippen molar-refractivity contribution in [3.8, 4) is 5.75 Å². The lowest BCUT2D eigenvalue weighted by Gasteiger charge is -2.11. The molecule has 0 atom stereocenters. The molecule has 0 fully saturated rings. The third kappa shape index (κ3) is 9.08. The first-order valence-electron chi connectivity index (χ1n) is 8.53. The summed E-state index contributed by atoms with van der Waals surface area (Å²) in [5.74, 6) is 1.71. The van der Waals surface area contributed by atoms with Gasteiger partial charge in [-0.15, -0.1) is 0 Å². The maximum Gasteiger partial charge on any atom is 0.191 e. The molecule has 1 rings (SSSR count). The van der Waals surface area contributed by atoms with Crippen LogP contribution in [0.4, 0.5) is 0 Å². The fourth-order valence-corrected chi connectivity index (χ4v) is 1.97. The Balaban J connectivity index is 2.31. The molecule has 0 heterocycles.